The summed E-state index contributed by atoms with van der Waals surface area (Å²) in [7, 11) is 0. The molecule has 20 heavy (non-hydrogen) atoms. The van der Waals surface area contributed by atoms with E-state index in [1.165, 1.54) is 12.0 Å². The highest BCUT2D eigenvalue weighted by atomic mass is 16.5. The summed E-state index contributed by atoms with van der Waals surface area (Å²) in [5.41, 5.74) is 1.22. The third kappa shape index (κ3) is 5.32. The highest BCUT2D eigenvalue weighted by Crippen LogP contribution is 2.20. The van der Waals surface area contributed by atoms with Crippen LogP contribution in [0.25, 0.3) is 0 Å². The average molecular weight is 272 g/mol. The van der Waals surface area contributed by atoms with Crippen molar-refractivity contribution in [2.75, 3.05) is 6.61 Å². The van der Waals surface area contributed by atoms with Crippen LogP contribution in [0, 0.1) is 0 Å². The van der Waals surface area contributed by atoms with Crippen LogP contribution in [0.1, 0.15) is 31.7 Å². The van der Waals surface area contributed by atoms with E-state index in [9.17, 15) is 0 Å². The second kappa shape index (κ2) is 8.72. The molecule has 1 aromatic carbocycles. The minimum absolute atomic E-state index is 0.229. The smallest absolute Gasteiger partial charge is 0.0816 e. The Morgan fingerprint density at radius 1 is 1.20 bits per heavy atom. The molecule has 0 bridgehead atoms. The lowest BCUT2D eigenvalue weighted by Crippen LogP contribution is -2.29. The molecule has 1 fully saturated rings. The van der Waals surface area contributed by atoms with Crippen LogP contribution in [0.3, 0.4) is 0 Å². The van der Waals surface area contributed by atoms with Gasteiger partial charge in [-0.3, -0.25) is 0 Å². The van der Waals surface area contributed by atoms with Crippen LogP contribution in [-0.2, 0) is 16.1 Å². The van der Waals surface area contributed by atoms with E-state index in [1.807, 2.05) is 37.3 Å². The molecule has 2 atom stereocenters. The Balaban J connectivity index is 1.70. The molecule has 0 aliphatic carbocycles. The van der Waals surface area contributed by atoms with Gasteiger partial charge in [0.25, 0.3) is 0 Å². The molecule has 0 spiro atoms. The van der Waals surface area contributed by atoms with E-state index < -0.39 is 0 Å². The van der Waals surface area contributed by atoms with E-state index in [-0.39, 0.29) is 12.2 Å². The number of ether oxygens (including phenoxy) is 2. The van der Waals surface area contributed by atoms with Crippen molar-refractivity contribution in [3.05, 3.63) is 60.2 Å². The molecule has 0 aromatic heterocycles. The summed E-state index contributed by atoms with van der Waals surface area (Å²) in [6, 6.07) is 10.3. The number of hydrogen-bond donors (Lipinski definition) is 0. The Morgan fingerprint density at radius 3 is 2.85 bits per heavy atom. The van der Waals surface area contributed by atoms with Gasteiger partial charge in [-0.1, -0.05) is 54.6 Å². The minimum Gasteiger partial charge on any atom is -0.374 e. The van der Waals surface area contributed by atoms with E-state index in [0.29, 0.717) is 13.2 Å². The van der Waals surface area contributed by atoms with Crippen LogP contribution in [-0.4, -0.2) is 18.8 Å². The number of rotatable bonds is 6. The molecule has 1 heterocycles. The van der Waals surface area contributed by atoms with Gasteiger partial charge in [0.2, 0.25) is 0 Å². The molecule has 2 nitrogen and oxygen atoms in total. The van der Waals surface area contributed by atoms with E-state index in [2.05, 4.69) is 24.3 Å². The van der Waals surface area contributed by atoms with E-state index in [0.717, 1.165) is 12.8 Å². The topological polar surface area (TPSA) is 18.5 Å². The highest BCUT2D eigenvalue weighted by molar-refractivity contribution is 5.13. The van der Waals surface area contributed by atoms with Gasteiger partial charge in [-0.05, 0) is 31.7 Å². The zero-order valence-corrected chi connectivity index (χ0v) is 12.2. The van der Waals surface area contributed by atoms with E-state index in [4.69, 9.17) is 9.47 Å². The van der Waals surface area contributed by atoms with Gasteiger partial charge in [0.05, 0.1) is 25.4 Å². The van der Waals surface area contributed by atoms with E-state index >= 15 is 0 Å². The summed E-state index contributed by atoms with van der Waals surface area (Å²) in [5, 5.41) is 0. The fraction of sp³-hybridized carbons (Fsp3) is 0.444. The van der Waals surface area contributed by atoms with Gasteiger partial charge in [0.15, 0.2) is 0 Å². The number of allylic oxidation sites excluding steroid dienone is 3. The Labute approximate surface area is 122 Å². The molecule has 0 saturated carbocycles. The maximum atomic E-state index is 6.03. The first-order valence-corrected chi connectivity index (χ1v) is 7.45. The minimum atomic E-state index is 0.229. The van der Waals surface area contributed by atoms with Crippen LogP contribution in [0.2, 0.25) is 0 Å². The van der Waals surface area contributed by atoms with Crippen LogP contribution in [0.5, 0.6) is 0 Å². The molecule has 1 aromatic rings. The molecule has 0 N–H and O–H groups in total. The molecule has 2 rings (SSSR count). The van der Waals surface area contributed by atoms with Gasteiger partial charge in [0, 0.05) is 0 Å². The summed E-state index contributed by atoms with van der Waals surface area (Å²) in [6.07, 6.45) is 12.2. The van der Waals surface area contributed by atoms with Crippen LogP contribution < -0.4 is 0 Å². The SMILES string of the molecule is C/C=C/C=C/[C@@H]1CCC[C@@H](COCc2ccccc2)O1. The van der Waals surface area contributed by atoms with Crippen molar-refractivity contribution in [2.24, 2.45) is 0 Å². The Bertz CT molecular complexity index is 422. The zero-order valence-electron chi connectivity index (χ0n) is 12.2. The summed E-state index contributed by atoms with van der Waals surface area (Å²) in [5.74, 6) is 0. The Kier molecular flexibility index (Phi) is 6.55. The largest absolute Gasteiger partial charge is 0.374 e. The first-order valence-electron chi connectivity index (χ1n) is 7.45. The summed E-state index contributed by atoms with van der Waals surface area (Å²) in [6.45, 7) is 3.37. The standard InChI is InChI=1S/C18H24O2/c1-2-3-5-11-17-12-8-13-18(20-17)15-19-14-16-9-6-4-7-10-16/h2-7,9-11,17-18H,8,12-15H2,1H3/b3-2+,11-5+/t17-,18+/m1/s1. The zero-order chi connectivity index (χ0) is 14.0. The Hall–Kier alpha value is -1.38. The van der Waals surface area contributed by atoms with Crippen LogP contribution >= 0.6 is 0 Å². The molecular formula is C18H24O2. The highest BCUT2D eigenvalue weighted by Gasteiger charge is 2.20. The van der Waals surface area contributed by atoms with Gasteiger partial charge < -0.3 is 9.47 Å². The maximum absolute atomic E-state index is 6.03. The normalized spacial score (nSPS) is 23.6. The lowest BCUT2D eigenvalue weighted by molar-refractivity contribution is -0.0715. The van der Waals surface area contributed by atoms with Crippen molar-refractivity contribution in [3.8, 4) is 0 Å². The molecule has 1 saturated heterocycles. The number of benzene rings is 1. The second-order valence-corrected chi connectivity index (χ2v) is 5.14. The van der Waals surface area contributed by atoms with E-state index in [1.54, 1.807) is 0 Å². The van der Waals surface area contributed by atoms with Crippen molar-refractivity contribution in [1.82, 2.24) is 0 Å². The maximum Gasteiger partial charge on any atom is 0.0816 e. The predicted octanol–water partition coefficient (Wildman–Crippen LogP) is 4.27. The van der Waals surface area contributed by atoms with Crippen molar-refractivity contribution in [3.63, 3.8) is 0 Å². The molecule has 0 unspecified atom stereocenters. The predicted molar refractivity (Wildman–Crippen MR) is 82.6 cm³/mol. The molecule has 108 valence electrons. The lowest BCUT2D eigenvalue weighted by atomic mass is 10.0. The molecule has 2 heteroatoms. The summed E-state index contributed by atoms with van der Waals surface area (Å²) in [4.78, 5) is 0. The van der Waals surface area contributed by atoms with Crippen LogP contribution in [0.15, 0.2) is 54.6 Å². The molecule has 1 aliphatic rings. The number of hydrogen-bond acceptors (Lipinski definition) is 2. The first-order chi connectivity index (χ1) is 9.88. The fourth-order valence-electron chi connectivity index (χ4n) is 2.38. The first kappa shape index (κ1) is 15.0. The van der Waals surface area contributed by atoms with Gasteiger partial charge in [-0.15, -0.1) is 0 Å². The van der Waals surface area contributed by atoms with Gasteiger partial charge >= 0.3 is 0 Å². The summed E-state index contributed by atoms with van der Waals surface area (Å²) >= 11 is 0. The monoisotopic (exact) mass is 272 g/mol. The molecule has 0 radical (unpaired) electrons. The molecule has 1 aliphatic heterocycles. The quantitative estimate of drug-likeness (QED) is 0.720. The second-order valence-electron chi connectivity index (χ2n) is 5.14. The fourth-order valence-corrected chi connectivity index (χ4v) is 2.38. The van der Waals surface area contributed by atoms with Gasteiger partial charge in [-0.25, -0.2) is 0 Å². The Morgan fingerprint density at radius 2 is 2.05 bits per heavy atom. The van der Waals surface area contributed by atoms with Crippen LogP contribution in [0.4, 0.5) is 0 Å². The molecular weight excluding hydrogens is 248 g/mol. The van der Waals surface area contributed by atoms with Crippen molar-refractivity contribution in [2.45, 2.75) is 45.0 Å². The summed E-state index contributed by atoms with van der Waals surface area (Å²) < 4.78 is 11.8. The molecule has 0 amide bonds. The van der Waals surface area contributed by atoms with Gasteiger partial charge in [-0.2, -0.15) is 0 Å². The van der Waals surface area contributed by atoms with Crippen molar-refractivity contribution in [1.29, 1.82) is 0 Å². The van der Waals surface area contributed by atoms with Crippen molar-refractivity contribution >= 4 is 0 Å². The van der Waals surface area contributed by atoms with Gasteiger partial charge in [0.1, 0.15) is 0 Å². The average Bonchev–Trinajstić information content (AvgIpc) is 2.49. The lowest BCUT2D eigenvalue weighted by Gasteiger charge is -2.28. The third-order valence-corrected chi connectivity index (χ3v) is 3.43. The van der Waals surface area contributed by atoms with Crippen molar-refractivity contribution < 1.29 is 9.47 Å². The third-order valence-electron chi connectivity index (χ3n) is 3.43.